The molecule has 0 N–H and O–H groups in total. The monoisotopic (exact) mass is 265 g/mol. The van der Waals surface area contributed by atoms with Crippen molar-refractivity contribution in [3.8, 4) is 0 Å². The van der Waals surface area contributed by atoms with Crippen LogP contribution in [-0.2, 0) is 11.3 Å². The van der Waals surface area contributed by atoms with Gasteiger partial charge in [0.1, 0.15) is 0 Å². The van der Waals surface area contributed by atoms with E-state index in [0.29, 0.717) is 6.54 Å². The molecular formula is C18H19NO. The average molecular weight is 265 g/mol. The van der Waals surface area contributed by atoms with Gasteiger partial charge in [-0.15, -0.1) is 0 Å². The maximum Gasteiger partial charge on any atom is 0.234 e. The van der Waals surface area contributed by atoms with E-state index >= 15 is 0 Å². The third-order valence-electron chi connectivity index (χ3n) is 4.01. The minimum absolute atomic E-state index is 0.0219. The first kappa shape index (κ1) is 12.9. The number of rotatable bonds is 3. The van der Waals surface area contributed by atoms with E-state index in [4.69, 9.17) is 0 Å². The Labute approximate surface area is 120 Å². The fraction of sp³-hybridized carbons (Fsp3) is 0.278. The molecule has 2 nitrogen and oxygen atoms in total. The third-order valence-corrected chi connectivity index (χ3v) is 4.01. The van der Waals surface area contributed by atoms with Crippen LogP contribution in [0.2, 0.25) is 0 Å². The molecule has 0 saturated carbocycles. The highest BCUT2D eigenvalue weighted by Gasteiger charge is 2.35. The minimum Gasteiger partial charge on any atom is -0.307 e. The molecule has 2 aromatic rings. The standard InChI is InChI=1S/C18H19NO/c1-3-15-16-11-13(2)9-10-17(16)19(18(15)20)12-14-7-5-4-6-8-14/h4-11,15H,3,12H2,1-2H3. The lowest BCUT2D eigenvalue weighted by Crippen LogP contribution is -2.28. The Morgan fingerprint density at radius 2 is 1.85 bits per heavy atom. The molecule has 1 heterocycles. The number of fused-ring (bicyclic) bond motifs is 1. The second-order valence-corrected chi connectivity index (χ2v) is 5.43. The van der Waals surface area contributed by atoms with Crippen LogP contribution in [0.15, 0.2) is 48.5 Å². The van der Waals surface area contributed by atoms with Gasteiger partial charge in [0.05, 0.1) is 12.5 Å². The zero-order valence-corrected chi connectivity index (χ0v) is 12.0. The van der Waals surface area contributed by atoms with Crippen LogP contribution in [0.5, 0.6) is 0 Å². The smallest absolute Gasteiger partial charge is 0.234 e. The van der Waals surface area contributed by atoms with Crippen molar-refractivity contribution < 1.29 is 4.79 Å². The Bertz CT molecular complexity index is 633. The van der Waals surface area contributed by atoms with E-state index in [-0.39, 0.29) is 11.8 Å². The van der Waals surface area contributed by atoms with Crippen molar-refractivity contribution in [2.75, 3.05) is 4.90 Å². The third kappa shape index (κ3) is 2.11. The summed E-state index contributed by atoms with van der Waals surface area (Å²) in [6.45, 7) is 4.82. The largest absolute Gasteiger partial charge is 0.307 e. The molecule has 1 aliphatic rings. The zero-order valence-electron chi connectivity index (χ0n) is 12.0. The molecule has 1 atom stereocenters. The Balaban J connectivity index is 1.99. The van der Waals surface area contributed by atoms with Crippen LogP contribution in [-0.4, -0.2) is 5.91 Å². The number of aryl methyl sites for hydroxylation is 1. The van der Waals surface area contributed by atoms with Crippen molar-refractivity contribution in [2.45, 2.75) is 32.7 Å². The van der Waals surface area contributed by atoms with Gasteiger partial charge in [0, 0.05) is 5.69 Å². The molecule has 2 heteroatoms. The molecule has 102 valence electrons. The van der Waals surface area contributed by atoms with Gasteiger partial charge in [-0.25, -0.2) is 0 Å². The van der Waals surface area contributed by atoms with Gasteiger partial charge in [-0.05, 0) is 30.5 Å². The Morgan fingerprint density at radius 3 is 2.55 bits per heavy atom. The van der Waals surface area contributed by atoms with Crippen LogP contribution in [0.25, 0.3) is 0 Å². The second-order valence-electron chi connectivity index (χ2n) is 5.43. The maximum absolute atomic E-state index is 12.6. The van der Waals surface area contributed by atoms with Gasteiger partial charge in [0.25, 0.3) is 0 Å². The quantitative estimate of drug-likeness (QED) is 0.820. The predicted octanol–water partition coefficient (Wildman–Crippen LogP) is 4.04. The van der Waals surface area contributed by atoms with Crippen LogP contribution in [0, 0.1) is 6.92 Å². The molecule has 1 aliphatic heterocycles. The summed E-state index contributed by atoms with van der Waals surface area (Å²) >= 11 is 0. The van der Waals surface area contributed by atoms with Crippen molar-refractivity contribution >= 4 is 11.6 Å². The van der Waals surface area contributed by atoms with E-state index in [1.807, 2.05) is 23.1 Å². The number of carbonyl (C=O) groups is 1. The van der Waals surface area contributed by atoms with Crippen molar-refractivity contribution in [3.05, 3.63) is 65.2 Å². The fourth-order valence-corrected chi connectivity index (χ4v) is 2.96. The maximum atomic E-state index is 12.6. The molecule has 0 aromatic heterocycles. The normalized spacial score (nSPS) is 17.4. The Hall–Kier alpha value is -2.09. The van der Waals surface area contributed by atoms with Crippen LogP contribution < -0.4 is 4.90 Å². The first-order valence-electron chi connectivity index (χ1n) is 7.16. The lowest BCUT2D eigenvalue weighted by Gasteiger charge is -2.18. The number of amides is 1. The van der Waals surface area contributed by atoms with E-state index in [9.17, 15) is 4.79 Å². The lowest BCUT2D eigenvalue weighted by atomic mass is 9.97. The number of benzene rings is 2. The van der Waals surface area contributed by atoms with Crippen LogP contribution in [0.1, 0.15) is 36.0 Å². The Morgan fingerprint density at radius 1 is 1.10 bits per heavy atom. The molecular weight excluding hydrogens is 246 g/mol. The lowest BCUT2D eigenvalue weighted by molar-refractivity contribution is -0.119. The molecule has 3 rings (SSSR count). The fourth-order valence-electron chi connectivity index (χ4n) is 2.96. The summed E-state index contributed by atoms with van der Waals surface area (Å²) in [4.78, 5) is 14.6. The summed E-state index contributed by atoms with van der Waals surface area (Å²) in [5.41, 5.74) is 4.66. The van der Waals surface area contributed by atoms with E-state index in [2.05, 4.69) is 44.2 Å². The van der Waals surface area contributed by atoms with Gasteiger partial charge < -0.3 is 4.90 Å². The van der Waals surface area contributed by atoms with Crippen LogP contribution in [0.3, 0.4) is 0 Å². The topological polar surface area (TPSA) is 20.3 Å². The molecule has 0 saturated heterocycles. The van der Waals surface area contributed by atoms with Crippen molar-refractivity contribution in [2.24, 2.45) is 0 Å². The molecule has 1 unspecified atom stereocenters. The van der Waals surface area contributed by atoms with Gasteiger partial charge in [-0.3, -0.25) is 4.79 Å². The first-order valence-corrected chi connectivity index (χ1v) is 7.16. The molecule has 0 radical (unpaired) electrons. The second kappa shape index (κ2) is 5.12. The van der Waals surface area contributed by atoms with E-state index in [1.165, 1.54) is 16.7 Å². The highest BCUT2D eigenvalue weighted by Crippen LogP contribution is 2.40. The first-order chi connectivity index (χ1) is 9.70. The molecule has 1 amide bonds. The summed E-state index contributed by atoms with van der Waals surface area (Å²) in [5.74, 6) is 0.255. The van der Waals surface area contributed by atoms with Gasteiger partial charge >= 0.3 is 0 Å². The van der Waals surface area contributed by atoms with E-state index in [0.717, 1.165) is 12.1 Å². The molecule has 20 heavy (non-hydrogen) atoms. The van der Waals surface area contributed by atoms with Gasteiger partial charge in [0.15, 0.2) is 0 Å². The van der Waals surface area contributed by atoms with Gasteiger partial charge in [-0.1, -0.05) is 55.0 Å². The number of nitrogens with zero attached hydrogens (tertiary/aromatic N) is 1. The number of carbonyl (C=O) groups excluding carboxylic acids is 1. The average Bonchev–Trinajstić information content (AvgIpc) is 2.71. The number of hydrogen-bond acceptors (Lipinski definition) is 1. The summed E-state index contributed by atoms with van der Waals surface area (Å²) in [5, 5.41) is 0. The number of hydrogen-bond donors (Lipinski definition) is 0. The highest BCUT2D eigenvalue weighted by molar-refractivity contribution is 6.04. The van der Waals surface area contributed by atoms with Crippen LogP contribution >= 0.6 is 0 Å². The van der Waals surface area contributed by atoms with Crippen molar-refractivity contribution in [3.63, 3.8) is 0 Å². The zero-order chi connectivity index (χ0) is 14.1. The van der Waals surface area contributed by atoms with Crippen molar-refractivity contribution in [1.82, 2.24) is 0 Å². The summed E-state index contributed by atoms with van der Waals surface area (Å²) in [6.07, 6.45) is 0.862. The number of anilines is 1. The highest BCUT2D eigenvalue weighted by atomic mass is 16.2. The van der Waals surface area contributed by atoms with Gasteiger partial charge in [0.2, 0.25) is 5.91 Å². The van der Waals surface area contributed by atoms with Crippen molar-refractivity contribution in [1.29, 1.82) is 0 Å². The van der Waals surface area contributed by atoms with E-state index in [1.54, 1.807) is 0 Å². The van der Waals surface area contributed by atoms with Gasteiger partial charge in [-0.2, -0.15) is 0 Å². The van der Waals surface area contributed by atoms with Crippen LogP contribution in [0.4, 0.5) is 5.69 Å². The minimum atomic E-state index is 0.0219. The summed E-state index contributed by atoms with van der Waals surface area (Å²) < 4.78 is 0. The summed E-state index contributed by atoms with van der Waals surface area (Å²) in [6, 6.07) is 16.5. The SMILES string of the molecule is CCC1C(=O)N(Cc2ccccc2)c2ccc(C)cc21. The molecule has 2 aromatic carbocycles. The van der Waals surface area contributed by atoms with E-state index < -0.39 is 0 Å². The molecule has 0 aliphatic carbocycles. The molecule has 0 bridgehead atoms. The molecule has 0 spiro atoms. The Kier molecular flexibility index (Phi) is 3.31. The summed E-state index contributed by atoms with van der Waals surface area (Å²) in [7, 11) is 0. The predicted molar refractivity (Wildman–Crippen MR) is 81.8 cm³/mol. The molecule has 0 fully saturated rings.